The van der Waals surface area contributed by atoms with Crippen molar-refractivity contribution in [3.8, 4) is 6.07 Å². The van der Waals surface area contributed by atoms with Gasteiger partial charge in [-0.3, -0.25) is 9.59 Å². The van der Waals surface area contributed by atoms with Crippen molar-refractivity contribution in [1.82, 2.24) is 5.32 Å². The minimum Gasteiger partial charge on any atom is -0.444 e. The van der Waals surface area contributed by atoms with Crippen molar-refractivity contribution in [3.05, 3.63) is 91.0 Å². The SMILES string of the molecule is CC(C)C[C@H](NC(=O)OC(C)(C)C)C(=O)C(CC(F)F)C(=O)C(C#N)=P(c1ccccc1)(c1ccccc1)c1ccccc1. The molecular weight excluding hydrogens is 581 g/mol. The van der Waals surface area contributed by atoms with Gasteiger partial charge < -0.3 is 10.1 Å². The molecule has 9 heteroatoms. The summed E-state index contributed by atoms with van der Waals surface area (Å²) in [6, 6.07) is 27.9. The summed E-state index contributed by atoms with van der Waals surface area (Å²) in [7, 11) is 0. The summed E-state index contributed by atoms with van der Waals surface area (Å²) in [5.41, 5.74) is -0.874. The van der Waals surface area contributed by atoms with Crippen LogP contribution >= 0.6 is 6.89 Å². The van der Waals surface area contributed by atoms with Crippen LogP contribution in [0.4, 0.5) is 13.6 Å². The number of rotatable bonds is 12. The zero-order valence-electron chi connectivity index (χ0n) is 25.7. The number of nitriles is 1. The highest BCUT2D eigenvalue weighted by atomic mass is 31.2. The predicted octanol–water partition coefficient (Wildman–Crippen LogP) is 6.03. The van der Waals surface area contributed by atoms with Crippen molar-refractivity contribution in [2.45, 2.75) is 65.5 Å². The number of amides is 1. The molecule has 0 fully saturated rings. The molecular formula is C35H39F2N2O4P. The first-order chi connectivity index (χ1) is 20.8. The van der Waals surface area contributed by atoms with Gasteiger partial charge in [0.05, 0.1) is 12.0 Å². The number of ketones is 2. The fourth-order valence-corrected chi connectivity index (χ4v) is 9.35. The lowest BCUT2D eigenvalue weighted by molar-refractivity contribution is -0.133. The maximum atomic E-state index is 14.6. The molecule has 0 aliphatic rings. The van der Waals surface area contributed by atoms with Crippen LogP contribution in [0.2, 0.25) is 0 Å². The van der Waals surface area contributed by atoms with E-state index in [1.807, 2.05) is 68.4 Å². The molecule has 3 rings (SSSR count). The Morgan fingerprint density at radius 2 is 1.25 bits per heavy atom. The van der Waals surface area contributed by atoms with Crippen molar-refractivity contribution < 1.29 is 27.9 Å². The van der Waals surface area contributed by atoms with Crippen LogP contribution in [0.3, 0.4) is 0 Å². The fourth-order valence-electron chi connectivity index (χ4n) is 5.19. The Morgan fingerprint density at radius 1 is 0.818 bits per heavy atom. The Labute approximate surface area is 258 Å². The highest BCUT2D eigenvalue weighted by Gasteiger charge is 2.42. The van der Waals surface area contributed by atoms with Crippen LogP contribution in [0.25, 0.3) is 0 Å². The molecule has 0 spiro atoms. The zero-order chi connectivity index (χ0) is 32.5. The van der Waals surface area contributed by atoms with Gasteiger partial charge in [0.2, 0.25) is 6.43 Å². The summed E-state index contributed by atoms with van der Waals surface area (Å²) in [6.45, 7) is 5.32. The van der Waals surface area contributed by atoms with Crippen molar-refractivity contribution in [2.75, 3.05) is 0 Å². The van der Waals surface area contributed by atoms with Gasteiger partial charge in [-0.1, -0.05) is 105 Å². The number of Topliss-reactive ketones (excluding diaryl/α,β-unsaturated/α-hetero) is 2. The van der Waals surface area contributed by atoms with Crippen LogP contribution in [0.5, 0.6) is 0 Å². The normalized spacial score (nSPS) is 13.1. The third kappa shape index (κ3) is 8.30. The third-order valence-corrected chi connectivity index (χ3v) is 11.1. The molecule has 0 saturated heterocycles. The predicted molar refractivity (Wildman–Crippen MR) is 173 cm³/mol. The van der Waals surface area contributed by atoms with Crippen LogP contribution in [0, 0.1) is 23.2 Å². The summed E-state index contributed by atoms with van der Waals surface area (Å²) < 4.78 is 33.6. The molecule has 0 aliphatic heterocycles. The molecule has 1 amide bonds. The van der Waals surface area contributed by atoms with E-state index in [-0.39, 0.29) is 17.6 Å². The smallest absolute Gasteiger partial charge is 0.408 e. The summed E-state index contributed by atoms with van der Waals surface area (Å²) >= 11 is 0. The topological polar surface area (TPSA) is 96.3 Å². The Morgan fingerprint density at radius 3 is 1.59 bits per heavy atom. The minimum absolute atomic E-state index is 0.0866. The number of hydrogen-bond donors (Lipinski definition) is 1. The standard InChI is InChI=1S/C35H39F2N2O4P/c1-24(2)21-29(39-34(42)43-35(3,4)5)32(40)28(22-31(36)37)33(41)30(23-38)44(25-15-9-6-10-16-25,26-17-11-7-12-18-26)27-19-13-8-14-20-27/h6-20,24,28-29,31H,21-22H2,1-5H3,(H,39,42)/t28?,29-/m0/s1. The second kappa shape index (κ2) is 15.1. The Kier molecular flexibility index (Phi) is 11.8. The number of carbonyl (C=O) groups excluding carboxylic acids is 3. The van der Waals surface area contributed by atoms with E-state index in [1.165, 1.54) is 0 Å². The fraction of sp³-hybridized carbons (Fsp3) is 0.343. The number of nitrogens with zero attached hydrogens (tertiary/aromatic N) is 1. The summed E-state index contributed by atoms with van der Waals surface area (Å²) in [5, 5.41) is 15.0. The maximum absolute atomic E-state index is 14.6. The van der Waals surface area contributed by atoms with E-state index in [4.69, 9.17) is 4.74 Å². The Balaban J connectivity index is 2.35. The first kappa shape index (κ1) is 34.4. The minimum atomic E-state index is -3.27. The lowest BCUT2D eigenvalue weighted by Gasteiger charge is -2.31. The van der Waals surface area contributed by atoms with Crippen molar-refractivity contribution >= 4 is 45.8 Å². The van der Waals surface area contributed by atoms with Crippen LogP contribution in [-0.2, 0) is 14.3 Å². The van der Waals surface area contributed by atoms with Crippen LogP contribution < -0.4 is 21.2 Å². The third-order valence-electron chi connectivity index (χ3n) is 6.92. The van der Waals surface area contributed by atoms with Gasteiger partial charge >= 0.3 is 6.09 Å². The van der Waals surface area contributed by atoms with Gasteiger partial charge in [-0.15, -0.1) is 0 Å². The number of nitrogens with one attached hydrogen (secondary N) is 1. The van der Waals surface area contributed by atoms with Crippen LogP contribution in [0.1, 0.15) is 47.5 Å². The van der Waals surface area contributed by atoms with E-state index in [1.54, 1.807) is 57.2 Å². The molecule has 0 radical (unpaired) electrons. The van der Waals surface area contributed by atoms with E-state index in [2.05, 4.69) is 11.4 Å². The van der Waals surface area contributed by atoms with Gasteiger partial charge in [0.15, 0.2) is 11.6 Å². The van der Waals surface area contributed by atoms with Crippen molar-refractivity contribution in [3.63, 3.8) is 0 Å². The molecule has 1 N–H and O–H groups in total. The average molecular weight is 621 g/mol. The largest absolute Gasteiger partial charge is 0.444 e. The number of alkyl halides is 2. The first-order valence-electron chi connectivity index (χ1n) is 14.5. The summed E-state index contributed by atoms with van der Waals surface area (Å²) in [5.74, 6) is -3.86. The zero-order valence-corrected chi connectivity index (χ0v) is 26.6. The molecule has 0 heterocycles. The molecule has 1 unspecified atom stereocenters. The average Bonchev–Trinajstić information content (AvgIpc) is 2.97. The highest BCUT2D eigenvalue weighted by Crippen LogP contribution is 2.47. The van der Waals surface area contributed by atoms with E-state index in [0.29, 0.717) is 15.9 Å². The van der Waals surface area contributed by atoms with E-state index >= 15 is 0 Å². The molecule has 0 bridgehead atoms. The van der Waals surface area contributed by atoms with Crippen molar-refractivity contribution in [1.29, 1.82) is 5.26 Å². The van der Waals surface area contributed by atoms with Crippen LogP contribution in [0.15, 0.2) is 91.0 Å². The summed E-state index contributed by atoms with van der Waals surface area (Å²) in [6.07, 6.45) is -4.93. The second-order valence-electron chi connectivity index (χ2n) is 11.9. The molecule has 3 aromatic rings. The molecule has 44 heavy (non-hydrogen) atoms. The van der Waals surface area contributed by atoms with Gasteiger partial charge in [0.25, 0.3) is 0 Å². The molecule has 0 aromatic heterocycles. The molecule has 232 valence electrons. The van der Waals surface area contributed by atoms with Gasteiger partial charge in [-0.05, 0) is 55.9 Å². The maximum Gasteiger partial charge on any atom is 0.408 e. The van der Waals surface area contributed by atoms with Crippen LogP contribution in [-0.4, -0.2) is 41.0 Å². The van der Waals surface area contributed by atoms with Gasteiger partial charge in [-0.2, -0.15) is 5.26 Å². The quantitative estimate of drug-likeness (QED) is 0.197. The number of carbonyl (C=O) groups is 3. The molecule has 2 atom stereocenters. The summed E-state index contributed by atoms with van der Waals surface area (Å²) in [4.78, 5) is 41.4. The lowest BCUT2D eigenvalue weighted by Crippen LogP contribution is -2.49. The molecule has 3 aromatic carbocycles. The number of alkyl carbamates (subject to hydrolysis) is 1. The second-order valence-corrected chi connectivity index (χ2v) is 15.3. The number of benzene rings is 3. The molecule has 6 nitrogen and oxygen atoms in total. The van der Waals surface area contributed by atoms with E-state index in [0.717, 1.165) is 0 Å². The number of hydrogen-bond acceptors (Lipinski definition) is 5. The lowest BCUT2D eigenvalue weighted by atomic mass is 9.86. The van der Waals surface area contributed by atoms with Crippen molar-refractivity contribution in [2.24, 2.45) is 11.8 Å². The van der Waals surface area contributed by atoms with Gasteiger partial charge in [-0.25, -0.2) is 13.6 Å². The van der Waals surface area contributed by atoms with E-state index in [9.17, 15) is 28.4 Å². The number of halogens is 2. The highest BCUT2D eigenvalue weighted by molar-refractivity contribution is 7.97. The Hall–Kier alpha value is -4.08. The van der Waals surface area contributed by atoms with Gasteiger partial charge in [0, 0.05) is 6.42 Å². The Bertz CT molecular complexity index is 1430. The monoisotopic (exact) mass is 620 g/mol. The van der Waals surface area contributed by atoms with E-state index < -0.39 is 55.0 Å². The molecule has 0 saturated carbocycles. The van der Waals surface area contributed by atoms with Gasteiger partial charge in [0.1, 0.15) is 17.0 Å². The molecule has 0 aliphatic carbocycles. The first-order valence-corrected chi connectivity index (χ1v) is 16.3. The number of ether oxygens (including phenoxy) is 1.